The van der Waals surface area contributed by atoms with Gasteiger partial charge in [0.25, 0.3) is 0 Å². The number of ether oxygens (including phenoxy) is 1. The molecule has 146 valence electrons. The minimum absolute atomic E-state index is 0.00849. The molecular weight excluding hydrogens is 338 g/mol. The molecule has 0 spiro atoms. The van der Waals surface area contributed by atoms with Gasteiger partial charge >= 0.3 is 0 Å². The van der Waals surface area contributed by atoms with E-state index in [2.05, 4.69) is 35.5 Å². The number of rotatable bonds is 7. The molecule has 0 heterocycles. The van der Waals surface area contributed by atoms with Gasteiger partial charge in [-0.3, -0.25) is 4.99 Å². The SMILES string of the molecule is CCNC(=NCC(O)c1ccc(C)cc1)NC(C)c1cc(C)ccc1OC. The molecule has 0 aliphatic carbocycles. The van der Waals surface area contributed by atoms with Gasteiger partial charge in [0.1, 0.15) is 5.75 Å². The van der Waals surface area contributed by atoms with Crippen molar-refractivity contribution in [1.29, 1.82) is 0 Å². The van der Waals surface area contributed by atoms with Crippen molar-refractivity contribution in [2.24, 2.45) is 4.99 Å². The molecule has 3 N–H and O–H groups in total. The van der Waals surface area contributed by atoms with E-state index in [0.29, 0.717) is 5.96 Å². The summed E-state index contributed by atoms with van der Waals surface area (Å²) < 4.78 is 5.49. The summed E-state index contributed by atoms with van der Waals surface area (Å²) in [5.41, 5.74) is 4.29. The first-order valence-electron chi connectivity index (χ1n) is 9.38. The summed E-state index contributed by atoms with van der Waals surface area (Å²) in [6, 6.07) is 14.0. The molecule has 27 heavy (non-hydrogen) atoms. The molecule has 2 atom stereocenters. The number of methoxy groups -OCH3 is 1. The summed E-state index contributed by atoms with van der Waals surface area (Å²) >= 11 is 0. The number of nitrogens with one attached hydrogen (secondary N) is 2. The maximum atomic E-state index is 10.4. The molecule has 2 aromatic carbocycles. The lowest BCUT2D eigenvalue weighted by Gasteiger charge is -2.21. The Morgan fingerprint density at radius 1 is 1.11 bits per heavy atom. The monoisotopic (exact) mass is 369 g/mol. The number of aliphatic imine (C=N–C) groups is 1. The zero-order valence-corrected chi connectivity index (χ0v) is 16.9. The van der Waals surface area contributed by atoms with Crippen LogP contribution in [0.25, 0.3) is 0 Å². The smallest absolute Gasteiger partial charge is 0.191 e. The Balaban J connectivity index is 2.10. The molecule has 0 aliphatic heterocycles. The molecule has 2 aromatic rings. The summed E-state index contributed by atoms with van der Waals surface area (Å²) in [5, 5.41) is 17.1. The van der Waals surface area contributed by atoms with E-state index in [9.17, 15) is 5.11 Å². The topological polar surface area (TPSA) is 65.9 Å². The largest absolute Gasteiger partial charge is 0.496 e. The van der Waals surface area contributed by atoms with Crippen LogP contribution in [0.5, 0.6) is 5.75 Å². The second-order valence-electron chi connectivity index (χ2n) is 6.76. The van der Waals surface area contributed by atoms with E-state index in [1.165, 1.54) is 11.1 Å². The second-order valence-corrected chi connectivity index (χ2v) is 6.76. The highest BCUT2D eigenvalue weighted by Crippen LogP contribution is 2.26. The summed E-state index contributed by atoms with van der Waals surface area (Å²) in [7, 11) is 1.68. The number of aliphatic hydroxyl groups excluding tert-OH is 1. The zero-order chi connectivity index (χ0) is 19.8. The predicted octanol–water partition coefficient (Wildman–Crippen LogP) is 3.66. The molecule has 5 nitrogen and oxygen atoms in total. The second kappa shape index (κ2) is 9.97. The third-order valence-electron chi connectivity index (χ3n) is 4.43. The van der Waals surface area contributed by atoms with Gasteiger partial charge in [0, 0.05) is 12.1 Å². The summed E-state index contributed by atoms with van der Waals surface area (Å²) in [6.45, 7) is 9.21. The van der Waals surface area contributed by atoms with Crippen LogP contribution in [-0.4, -0.2) is 31.3 Å². The van der Waals surface area contributed by atoms with E-state index in [-0.39, 0.29) is 12.6 Å². The van der Waals surface area contributed by atoms with Gasteiger partial charge in [0.05, 0.1) is 25.8 Å². The van der Waals surface area contributed by atoms with Crippen LogP contribution in [0.1, 0.15) is 48.2 Å². The van der Waals surface area contributed by atoms with E-state index in [0.717, 1.165) is 23.4 Å². The summed E-state index contributed by atoms with van der Waals surface area (Å²) in [4.78, 5) is 4.56. The van der Waals surface area contributed by atoms with Crippen LogP contribution in [0.3, 0.4) is 0 Å². The lowest BCUT2D eigenvalue weighted by Crippen LogP contribution is -2.39. The normalized spacial score (nSPS) is 13.8. The molecule has 0 aliphatic rings. The number of nitrogens with zero attached hydrogens (tertiary/aromatic N) is 1. The van der Waals surface area contributed by atoms with E-state index < -0.39 is 6.10 Å². The van der Waals surface area contributed by atoms with Gasteiger partial charge in [0.2, 0.25) is 0 Å². The van der Waals surface area contributed by atoms with Crippen molar-refractivity contribution >= 4 is 5.96 Å². The lowest BCUT2D eigenvalue weighted by atomic mass is 10.0. The van der Waals surface area contributed by atoms with Crippen LogP contribution < -0.4 is 15.4 Å². The zero-order valence-electron chi connectivity index (χ0n) is 16.9. The van der Waals surface area contributed by atoms with Crippen LogP contribution in [0.15, 0.2) is 47.5 Å². The van der Waals surface area contributed by atoms with Crippen molar-refractivity contribution in [3.63, 3.8) is 0 Å². The maximum absolute atomic E-state index is 10.4. The Bertz CT molecular complexity index is 757. The third kappa shape index (κ3) is 6.00. The first kappa shape index (κ1) is 20.8. The van der Waals surface area contributed by atoms with Gasteiger partial charge in [-0.25, -0.2) is 0 Å². The molecule has 0 fully saturated rings. The average Bonchev–Trinajstić information content (AvgIpc) is 2.66. The van der Waals surface area contributed by atoms with Gasteiger partial charge in [-0.2, -0.15) is 0 Å². The minimum Gasteiger partial charge on any atom is -0.496 e. The number of benzene rings is 2. The summed E-state index contributed by atoms with van der Waals surface area (Å²) in [6.07, 6.45) is -0.634. The number of hydrogen-bond donors (Lipinski definition) is 3. The average molecular weight is 370 g/mol. The quantitative estimate of drug-likeness (QED) is 0.515. The Morgan fingerprint density at radius 2 is 1.78 bits per heavy atom. The fourth-order valence-electron chi connectivity index (χ4n) is 2.87. The molecule has 0 bridgehead atoms. The van der Waals surface area contributed by atoms with Gasteiger partial charge in [0.15, 0.2) is 5.96 Å². The van der Waals surface area contributed by atoms with Crippen molar-refractivity contribution in [3.05, 3.63) is 64.7 Å². The molecule has 2 unspecified atom stereocenters. The fourth-order valence-corrected chi connectivity index (χ4v) is 2.87. The highest BCUT2D eigenvalue weighted by Gasteiger charge is 2.14. The Morgan fingerprint density at radius 3 is 2.41 bits per heavy atom. The van der Waals surface area contributed by atoms with Crippen molar-refractivity contribution in [3.8, 4) is 5.75 Å². The van der Waals surface area contributed by atoms with Gasteiger partial charge in [-0.1, -0.05) is 47.5 Å². The summed E-state index contributed by atoms with van der Waals surface area (Å²) in [5.74, 6) is 1.51. The van der Waals surface area contributed by atoms with Crippen LogP contribution in [0.2, 0.25) is 0 Å². The molecule has 0 saturated carbocycles. The van der Waals surface area contributed by atoms with E-state index in [4.69, 9.17) is 4.74 Å². The Kier molecular flexibility index (Phi) is 7.67. The van der Waals surface area contributed by atoms with Crippen LogP contribution in [0.4, 0.5) is 0 Å². The van der Waals surface area contributed by atoms with E-state index in [1.54, 1.807) is 7.11 Å². The number of aryl methyl sites for hydroxylation is 2. The third-order valence-corrected chi connectivity index (χ3v) is 4.43. The maximum Gasteiger partial charge on any atom is 0.191 e. The van der Waals surface area contributed by atoms with Gasteiger partial charge in [-0.05, 0) is 39.3 Å². The molecule has 0 saturated heterocycles. The van der Waals surface area contributed by atoms with E-state index in [1.807, 2.05) is 50.2 Å². The van der Waals surface area contributed by atoms with Gasteiger partial charge in [-0.15, -0.1) is 0 Å². The lowest BCUT2D eigenvalue weighted by molar-refractivity contribution is 0.187. The van der Waals surface area contributed by atoms with Crippen molar-refractivity contribution in [1.82, 2.24) is 10.6 Å². The van der Waals surface area contributed by atoms with Crippen molar-refractivity contribution in [2.45, 2.75) is 39.8 Å². The number of hydrogen-bond acceptors (Lipinski definition) is 3. The highest BCUT2D eigenvalue weighted by atomic mass is 16.5. The minimum atomic E-state index is -0.634. The molecule has 0 aromatic heterocycles. The highest BCUT2D eigenvalue weighted by molar-refractivity contribution is 5.80. The molecule has 0 amide bonds. The molecular formula is C22H31N3O2. The number of aliphatic hydroxyl groups is 1. The predicted molar refractivity (Wildman–Crippen MR) is 111 cm³/mol. The van der Waals surface area contributed by atoms with Crippen molar-refractivity contribution in [2.75, 3.05) is 20.2 Å². The number of guanidine groups is 1. The van der Waals surface area contributed by atoms with Crippen LogP contribution >= 0.6 is 0 Å². The van der Waals surface area contributed by atoms with Gasteiger partial charge < -0.3 is 20.5 Å². The Labute approximate surface area is 162 Å². The standard InChI is InChI=1S/C22H31N3O2/c1-6-23-22(24-14-20(26)18-10-7-15(2)8-11-18)25-17(4)19-13-16(3)9-12-21(19)27-5/h7-13,17,20,26H,6,14H2,1-5H3,(H2,23,24,25). The van der Waals surface area contributed by atoms with Crippen LogP contribution in [-0.2, 0) is 0 Å². The van der Waals surface area contributed by atoms with Crippen molar-refractivity contribution < 1.29 is 9.84 Å². The first-order chi connectivity index (χ1) is 12.9. The first-order valence-corrected chi connectivity index (χ1v) is 9.38. The molecule has 5 heteroatoms. The molecule has 2 rings (SSSR count). The fraction of sp³-hybridized carbons (Fsp3) is 0.409. The van der Waals surface area contributed by atoms with E-state index >= 15 is 0 Å². The molecule has 0 radical (unpaired) electrons. The Hall–Kier alpha value is -2.53. The van der Waals surface area contributed by atoms with Crippen LogP contribution in [0, 0.1) is 13.8 Å².